The van der Waals surface area contributed by atoms with E-state index >= 15 is 0 Å². The normalized spacial score (nSPS) is 15.4. The quantitative estimate of drug-likeness (QED) is 0.664. The van der Waals surface area contributed by atoms with Gasteiger partial charge in [-0.25, -0.2) is 0 Å². The lowest BCUT2D eigenvalue weighted by Gasteiger charge is -2.13. The Kier molecular flexibility index (Phi) is 6.13. The number of anilines is 1. The van der Waals surface area contributed by atoms with Crippen LogP contribution >= 0.6 is 35.0 Å². The molecule has 1 N–H and O–H groups in total. The van der Waals surface area contributed by atoms with E-state index in [1.54, 1.807) is 18.2 Å². The van der Waals surface area contributed by atoms with Gasteiger partial charge in [0.05, 0.1) is 15.0 Å². The van der Waals surface area contributed by atoms with Gasteiger partial charge in [-0.3, -0.25) is 19.3 Å². The maximum absolute atomic E-state index is 12.6. The van der Waals surface area contributed by atoms with Crippen LogP contribution in [0, 0.1) is 13.8 Å². The van der Waals surface area contributed by atoms with Crippen molar-refractivity contribution in [2.75, 3.05) is 11.9 Å². The second-order valence-electron chi connectivity index (χ2n) is 6.34. The highest BCUT2D eigenvalue weighted by Crippen LogP contribution is 2.35. The highest BCUT2D eigenvalue weighted by atomic mass is 35.5. The van der Waals surface area contributed by atoms with Gasteiger partial charge < -0.3 is 5.32 Å². The van der Waals surface area contributed by atoms with Crippen molar-refractivity contribution in [3.05, 3.63) is 68.0 Å². The second-order valence-corrected chi connectivity index (χ2v) is 8.11. The number of hydrogen-bond donors (Lipinski definition) is 1. The van der Waals surface area contributed by atoms with Crippen molar-refractivity contribution in [3.8, 4) is 0 Å². The number of carbonyl (C=O) groups excluding carboxylic acids is 3. The van der Waals surface area contributed by atoms with Crippen LogP contribution in [-0.4, -0.2) is 28.5 Å². The third-order valence-electron chi connectivity index (χ3n) is 3.95. The lowest BCUT2D eigenvalue weighted by atomic mass is 10.1. The Morgan fingerprint density at radius 3 is 2.50 bits per heavy atom. The predicted octanol–water partition coefficient (Wildman–Crippen LogP) is 5.29. The van der Waals surface area contributed by atoms with Crippen LogP contribution in [0.3, 0.4) is 0 Å². The van der Waals surface area contributed by atoms with Gasteiger partial charge in [0.25, 0.3) is 11.1 Å². The van der Waals surface area contributed by atoms with E-state index in [0.29, 0.717) is 21.3 Å². The Balaban J connectivity index is 1.74. The zero-order valence-corrected chi connectivity index (χ0v) is 17.4. The SMILES string of the molecule is Cc1cc(C)cc(NC(=O)CN2C(=O)S/C(=C/c3cccc(Cl)c3Cl)C2=O)c1. The molecule has 28 heavy (non-hydrogen) atoms. The summed E-state index contributed by atoms with van der Waals surface area (Å²) in [4.78, 5) is 38.2. The Morgan fingerprint density at radius 2 is 1.82 bits per heavy atom. The number of nitrogens with one attached hydrogen (secondary N) is 1. The van der Waals surface area contributed by atoms with Gasteiger partial charge in [-0.2, -0.15) is 0 Å². The summed E-state index contributed by atoms with van der Waals surface area (Å²) in [6.45, 7) is 3.48. The first-order chi connectivity index (χ1) is 13.2. The Bertz CT molecular complexity index is 1000. The molecule has 144 valence electrons. The van der Waals surface area contributed by atoms with Gasteiger partial charge in [0.15, 0.2) is 0 Å². The number of amides is 3. The van der Waals surface area contributed by atoms with E-state index in [1.165, 1.54) is 6.08 Å². The summed E-state index contributed by atoms with van der Waals surface area (Å²) in [5, 5.41) is 2.86. The fourth-order valence-corrected chi connectivity index (χ4v) is 3.99. The average Bonchev–Trinajstić information content (AvgIpc) is 2.85. The maximum Gasteiger partial charge on any atom is 0.294 e. The smallest absolute Gasteiger partial charge is 0.294 e. The van der Waals surface area contributed by atoms with Crippen LogP contribution in [0.15, 0.2) is 41.3 Å². The van der Waals surface area contributed by atoms with Gasteiger partial charge in [0.1, 0.15) is 6.54 Å². The zero-order chi connectivity index (χ0) is 20.4. The van der Waals surface area contributed by atoms with Crippen LogP contribution in [0.2, 0.25) is 10.0 Å². The number of hydrogen-bond acceptors (Lipinski definition) is 4. The third kappa shape index (κ3) is 4.58. The van der Waals surface area contributed by atoms with Crippen molar-refractivity contribution in [3.63, 3.8) is 0 Å². The molecule has 1 heterocycles. The minimum Gasteiger partial charge on any atom is -0.325 e. The van der Waals surface area contributed by atoms with Crippen molar-refractivity contribution in [2.24, 2.45) is 0 Å². The van der Waals surface area contributed by atoms with Gasteiger partial charge in [0, 0.05) is 5.69 Å². The van der Waals surface area contributed by atoms with Crippen LogP contribution in [0.4, 0.5) is 10.5 Å². The number of thioether (sulfide) groups is 1. The van der Waals surface area contributed by atoms with E-state index in [0.717, 1.165) is 27.8 Å². The van der Waals surface area contributed by atoms with Crippen LogP contribution < -0.4 is 5.32 Å². The molecule has 0 bridgehead atoms. The minimum atomic E-state index is -0.540. The highest BCUT2D eigenvalue weighted by Gasteiger charge is 2.36. The van der Waals surface area contributed by atoms with Gasteiger partial charge in [-0.1, -0.05) is 41.4 Å². The molecule has 2 aromatic rings. The molecule has 2 aromatic carbocycles. The molecule has 0 atom stereocenters. The van der Waals surface area contributed by atoms with Crippen LogP contribution in [0.1, 0.15) is 16.7 Å². The number of benzene rings is 2. The molecule has 8 heteroatoms. The third-order valence-corrected chi connectivity index (χ3v) is 5.69. The summed E-state index contributed by atoms with van der Waals surface area (Å²) in [6.07, 6.45) is 1.50. The molecule has 0 radical (unpaired) electrons. The molecule has 0 unspecified atom stereocenters. The highest BCUT2D eigenvalue weighted by molar-refractivity contribution is 8.18. The number of rotatable bonds is 4. The predicted molar refractivity (Wildman–Crippen MR) is 114 cm³/mol. The maximum atomic E-state index is 12.6. The molecule has 0 aliphatic carbocycles. The number of imide groups is 1. The number of nitrogens with zero attached hydrogens (tertiary/aromatic N) is 1. The molecular formula is C20H16Cl2N2O3S. The molecule has 1 aliphatic rings. The van der Waals surface area contributed by atoms with Gasteiger partial charge in [0.2, 0.25) is 5.91 Å². The lowest BCUT2D eigenvalue weighted by Crippen LogP contribution is -2.36. The molecule has 0 spiro atoms. The van der Waals surface area contributed by atoms with Crippen LogP contribution in [0.5, 0.6) is 0 Å². The molecule has 1 fully saturated rings. The number of aryl methyl sites for hydroxylation is 2. The second kappa shape index (κ2) is 8.39. The minimum absolute atomic E-state index is 0.188. The van der Waals surface area contributed by atoms with Crippen molar-refractivity contribution in [1.82, 2.24) is 4.90 Å². The first kappa shape index (κ1) is 20.5. The van der Waals surface area contributed by atoms with E-state index in [2.05, 4.69) is 5.32 Å². The molecule has 1 saturated heterocycles. The average molecular weight is 435 g/mol. The van der Waals surface area contributed by atoms with Crippen molar-refractivity contribution in [2.45, 2.75) is 13.8 Å². The van der Waals surface area contributed by atoms with Crippen molar-refractivity contribution in [1.29, 1.82) is 0 Å². The Morgan fingerprint density at radius 1 is 1.14 bits per heavy atom. The monoisotopic (exact) mass is 434 g/mol. The molecule has 5 nitrogen and oxygen atoms in total. The summed E-state index contributed by atoms with van der Waals surface area (Å²) < 4.78 is 0. The van der Waals surface area contributed by atoms with E-state index < -0.39 is 17.1 Å². The molecule has 1 aliphatic heterocycles. The fraction of sp³-hybridized carbons (Fsp3) is 0.150. The molecule has 3 rings (SSSR count). The van der Waals surface area contributed by atoms with E-state index in [1.807, 2.05) is 32.0 Å². The largest absolute Gasteiger partial charge is 0.325 e. The first-order valence-electron chi connectivity index (χ1n) is 8.32. The van der Waals surface area contributed by atoms with E-state index in [9.17, 15) is 14.4 Å². The van der Waals surface area contributed by atoms with Gasteiger partial charge in [-0.05, 0) is 66.6 Å². The van der Waals surface area contributed by atoms with Crippen molar-refractivity contribution < 1.29 is 14.4 Å². The van der Waals surface area contributed by atoms with Crippen molar-refractivity contribution >= 4 is 63.8 Å². The Hall–Kier alpha value is -2.28. The fourth-order valence-electron chi connectivity index (χ4n) is 2.80. The number of carbonyl (C=O) groups is 3. The number of halogens is 2. The molecule has 0 saturated carbocycles. The summed E-state index contributed by atoms with van der Waals surface area (Å²) >= 11 is 12.9. The summed E-state index contributed by atoms with van der Waals surface area (Å²) in [5.41, 5.74) is 3.15. The van der Waals surface area contributed by atoms with Crippen LogP contribution in [-0.2, 0) is 9.59 Å². The standard InChI is InChI=1S/C20H16Cl2N2O3S/c1-11-6-12(2)8-14(7-11)23-17(25)10-24-19(26)16(28-20(24)27)9-13-4-3-5-15(21)18(13)22/h3-9H,10H2,1-2H3,(H,23,25)/b16-9+. The zero-order valence-electron chi connectivity index (χ0n) is 15.1. The Labute approximate surface area is 176 Å². The van der Waals surface area contributed by atoms with E-state index in [-0.39, 0.29) is 11.4 Å². The summed E-state index contributed by atoms with van der Waals surface area (Å²) in [6, 6.07) is 10.6. The topological polar surface area (TPSA) is 66.5 Å². The van der Waals surface area contributed by atoms with Gasteiger partial charge >= 0.3 is 0 Å². The van der Waals surface area contributed by atoms with Crippen LogP contribution in [0.25, 0.3) is 6.08 Å². The summed E-state index contributed by atoms with van der Waals surface area (Å²) in [7, 11) is 0. The lowest BCUT2D eigenvalue weighted by molar-refractivity contribution is -0.127. The van der Waals surface area contributed by atoms with Gasteiger partial charge in [-0.15, -0.1) is 0 Å². The molecule has 0 aromatic heterocycles. The first-order valence-corrected chi connectivity index (χ1v) is 9.89. The molecule has 3 amide bonds. The molecular weight excluding hydrogens is 419 g/mol. The van der Waals surface area contributed by atoms with E-state index in [4.69, 9.17) is 23.2 Å². The summed E-state index contributed by atoms with van der Waals surface area (Å²) in [5.74, 6) is -0.990.